The first-order valence-corrected chi connectivity index (χ1v) is 20.8. The number of aromatic amines is 1. The van der Waals surface area contributed by atoms with Gasteiger partial charge in [-0.1, -0.05) is 44.2 Å². The second-order valence-electron chi connectivity index (χ2n) is 17.9. The van der Waals surface area contributed by atoms with Crippen LogP contribution in [0, 0.1) is 11.3 Å². The third kappa shape index (κ3) is 5.20. The van der Waals surface area contributed by atoms with Crippen molar-refractivity contribution in [1.82, 2.24) is 14.8 Å². The van der Waals surface area contributed by atoms with Crippen LogP contribution >= 0.6 is 0 Å². The van der Waals surface area contributed by atoms with Crippen LogP contribution < -0.4 is 9.64 Å². The molecule has 6 heterocycles. The molecule has 6 aliphatic rings. The van der Waals surface area contributed by atoms with Gasteiger partial charge in [-0.25, -0.2) is 4.79 Å². The fourth-order valence-corrected chi connectivity index (χ4v) is 13.4. The lowest BCUT2D eigenvalue weighted by Crippen LogP contribution is -2.81. The van der Waals surface area contributed by atoms with E-state index >= 15 is 4.79 Å². The molecule has 13 nitrogen and oxygen atoms in total. The number of hydrogen-bond acceptors (Lipinski definition) is 12. The zero-order valence-electron chi connectivity index (χ0n) is 40.3. The largest absolute Gasteiger partial charge is 0.496 e. The molecule has 1 aromatic heterocycles. The molecule has 13 heteroatoms. The van der Waals surface area contributed by atoms with E-state index in [0.717, 1.165) is 23.6 Å². The van der Waals surface area contributed by atoms with E-state index in [4.69, 9.17) is 27.2 Å². The zero-order chi connectivity index (χ0) is 46.9. The van der Waals surface area contributed by atoms with Crippen molar-refractivity contribution < 1.29 is 51.8 Å². The lowest BCUT2D eigenvalue weighted by Gasteiger charge is -2.63. The quantitative estimate of drug-likeness (QED) is 0.180. The number of hydrogen-bond donors (Lipinski definition) is 3. The van der Waals surface area contributed by atoms with Crippen molar-refractivity contribution in [3.63, 3.8) is 0 Å². The number of methoxy groups -OCH3 is 3. The van der Waals surface area contributed by atoms with Crippen molar-refractivity contribution >= 4 is 34.5 Å². The van der Waals surface area contributed by atoms with Crippen LogP contribution in [0.5, 0.6) is 5.75 Å². The Kier molecular flexibility index (Phi) is 7.79. The SMILES string of the molecule is [2H]C([2H])([2H])OC(=O)[C@@]1(c2cc3c(cc2OC)N(C)[C@H]2[C@@](O)(C(=O)OC)[C@H](OC(=O)C([2H])([2H])[2H])[C@]4(CC)C=CCN5CC[C@]32[C@@H]54)C[C@H]2CN(CCc3c1[nH]c1ccccc31)C[C@@](O)(CC)C2. The summed E-state index contributed by atoms with van der Waals surface area (Å²) in [5.41, 5.74) is -4.80. The molecular weight excluding hydrogens is 753 g/mol. The molecule has 1 saturated carbocycles. The minimum absolute atomic E-state index is 0.0123. The van der Waals surface area contributed by atoms with Gasteiger partial charge in [-0.05, 0) is 74.2 Å². The monoisotopic (exact) mass is 816 g/mol. The summed E-state index contributed by atoms with van der Waals surface area (Å²) in [6.07, 6.45) is 3.78. The van der Waals surface area contributed by atoms with Gasteiger partial charge in [0.2, 0.25) is 5.60 Å². The number of benzene rings is 2. The van der Waals surface area contributed by atoms with E-state index in [0.29, 0.717) is 80.9 Å². The maximum atomic E-state index is 15.6. The second kappa shape index (κ2) is 13.8. The van der Waals surface area contributed by atoms with Gasteiger partial charge in [0.1, 0.15) is 11.2 Å². The molecule has 59 heavy (non-hydrogen) atoms. The minimum atomic E-state index is -3.22. The van der Waals surface area contributed by atoms with Gasteiger partial charge in [0.05, 0.1) is 37.0 Å². The average molecular weight is 817 g/mol. The maximum absolute atomic E-state index is 15.6. The van der Waals surface area contributed by atoms with Crippen molar-refractivity contribution in [2.75, 3.05) is 65.9 Å². The molecule has 3 aromatic rings. The lowest BCUT2D eigenvalue weighted by atomic mass is 9.47. The summed E-state index contributed by atoms with van der Waals surface area (Å²) >= 11 is 0. The predicted octanol–water partition coefficient (Wildman–Crippen LogP) is 3.99. The summed E-state index contributed by atoms with van der Waals surface area (Å²) < 4.78 is 72.1. The van der Waals surface area contributed by atoms with E-state index in [1.165, 1.54) is 7.11 Å². The van der Waals surface area contributed by atoms with Crippen LogP contribution in [-0.4, -0.2) is 133 Å². The van der Waals surface area contributed by atoms with Gasteiger partial charge >= 0.3 is 17.9 Å². The Morgan fingerprint density at radius 2 is 1.81 bits per heavy atom. The number of likely N-dealkylation sites (N-methyl/N-ethyl adjacent to an activating group) is 1. The Bertz CT molecular complexity index is 2480. The van der Waals surface area contributed by atoms with E-state index < -0.39 is 77.4 Å². The van der Waals surface area contributed by atoms with Crippen LogP contribution in [0.25, 0.3) is 10.9 Å². The topological polar surface area (TPSA) is 154 Å². The van der Waals surface area contributed by atoms with Crippen LogP contribution in [0.1, 0.15) is 83.4 Å². The highest BCUT2D eigenvalue weighted by Crippen LogP contribution is 2.68. The summed E-state index contributed by atoms with van der Waals surface area (Å²) in [6, 6.07) is 9.41. The highest BCUT2D eigenvalue weighted by molar-refractivity contribution is 5.95. The first-order chi connectivity index (χ1) is 30.6. The highest BCUT2D eigenvalue weighted by Gasteiger charge is 2.80. The Labute approximate surface area is 354 Å². The molecule has 9 rings (SSSR count). The molecule has 10 atom stereocenters. The average Bonchev–Trinajstić information content (AvgIpc) is 3.92. The van der Waals surface area contributed by atoms with Crippen molar-refractivity contribution in [1.29, 1.82) is 0 Å². The van der Waals surface area contributed by atoms with E-state index in [2.05, 4.69) is 14.8 Å². The van der Waals surface area contributed by atoms with E-state index in [1.807, 2.05) is 56.3 Å². The van der Waals surface area contributed by atoms with Crippen molar-refractivity contribution in [2.45, 2.75) is 99.4 Å². The number of nitrogens with one attached hydrogen (secondary N) is 1. The van der Waals surface area contributed by atoms with Gasteiger partial charge in [-0.15, -0.1) is 0 Å². The van der Waals surface area contributed by atoms with Crippen molar-refractivity contribution in [3.8, 4) is 5.75 Å². The molecule has 2 aromatic carbocycles. The summed E-state index contributed by atoms with van der Waals surface area (Å²) in [6.45, 7) is 2.97. The Balaban J connectivity index is 1.37. The van der Waals surface area contributed by atoms with Crippen LogP contribution in [0.4, 0.5) is 5.69 Å². The number of aliphatic hydroxyl groups is 2. The zero-order valence-corrected chi connectivity index (χ0v) is 34.3. The molecule has 1 aliphatic carbocycles. The molecule has 2 bridgehead atoms. The molecular formula is C46H58N4O9. The van der Waals surface area contributed by atoms with Gasteiger partial charge in [0.15, 0.2) is 6.10 Å². The maximum Gasteiger partial charge on any atom is 0.344 e. The number of nitrogens with zero attached hydrogens (tertiary/aromatic N) is 3. The number of aromatic nitrogens is 1. The number of para-hydroxylation sites is 1. The summed E-state index contributed by atoms with van der Waals surface area (Å²) in [5, 5.41) is 26.3. The summed E-state index contributed by atoms with van der Waals surface area (Å²) in [4.78, 5) is 53.4. The molecule has 1 unspecified atom stereocenters. The number of carbonyl (C=O) groups is 3. The number of anilines is 1. The van der Waals surface area contributed by atoms with Gasteiger partial charge in [0.25, 0.3) is 0 Å². The molecule has 2 saturated heterocycles. The van der Waals surface area contributed by atoms with Crippen molar-refractivity contribution in [3.05, 3.63) is 70.9 Å². The minimum Gasteiger partial charge on any atom is -0.496 e. The van der Waals surface area contributed by atoms with Gasteiger partial charge in [-0.3, -0.25) is 19.4 Å². The number of H-pyrrole nitrogens is 1. The Morgan fingerprint density at radius 1 is 1.00 bits per heavy atom. The number of esters is 3. The normalized spacial score (nSPS) is 38.9. The number of fused-ring (bicyclic) bond motifs is 6. The number of carbonyl (C=O) groups excluding carboxylic acids is 3. The number of ether oxygens (including phenoxy) is 4. The van der Waals surface area contributed by atoms with Gasteiger partial charge in [-0.2, -0.15) is 0 Å². The lowest BCUT2D eigenvalue weighted by molar-refractivity contribution is -0.228. The van der Waals surface area contributed by atoms with Crippen molar-refractivity contribution in [2.24, 2.45) is 11.3 Å². The van der Waals surface area contributed by atoms with Gasteiger partial charge in [0, 0.05) is 95.0 Å². The molecule has 316 valence electrons. The molecule has 1 spiro atoms. The molecule has 0 radical (unpaired) electrons. The molecule has 0 amide bonds. The van der Waals surface area contributed by atoms with E-state index in [-0.39, 0.29) is 24.5 Å². The van der Waals surface area contributed by atoms with Crippen LogP contribution in [-0.2, 0) is 45.8 Å². The first kappa shape index (κ1) is 33.3. The smallest absolute Gasteiger partial charge is 0.344 e. The van der Waals surface area contributed by atoms with Crippen LogP contribution in [0.15, 0.2) is 48.6 Å². The molecule has 3 fully saturated rings. The molecule has 3 N–H and O–H groups in total. The fraction of sp³-hybridized carbons (Fsp3) is 0.587. The Hall–Kier alpha value is -4.43. The first-order valence-electron chi connectivity index (χ1n) is 23.8. The fourth-order valence-electron chi connectivity index (χ4n) is 13.4. The number of piperidine rings is 1. The third-order valence-electron chi connectivity index (χ3n) is 15.4. The Morgan fingerprint density at radius 3 is 2.54 bits per heavy atom. The van der Waals surface area contributed by atoms with Crippen LogP contribution in [0.2, 0.25) is 0 Å². The summed E-state index contributed by atoms with van der Waals surface area (Å²) in [7, 11) is 1.11. The predicted molar refractivity (Wildman–Crippen MR) is 220 cm³/mol. The van der Waals surface area contributed by atoms with Gasteiger partial charge < -0.3 is 39.0 Å². The summed E-state index contributed by atoms with van der Waals surface area (Å²) in [5.74, 6) is -3.89. The number of rotatable bonds is 7. The second-order valence-corrected chi connectivity index (χ2v) is 17.9. The molecule has 5 aliphatic heterocycles. The van der Waals surface area contributed by atoms with Crippen LogP contribution in [0.3, 0.4) is 0 Å². The third-order valence-corrected chi connectivity index (χ3v) is 15.4. The van der Waals surface area contributed by atoms with E-state index in [1.54, 1.807) is 18.0 Å². The van der Waals surface area contributed by atoms with E-state index in [9.17, 15) is 19.8 Å². The standard InChI is InChI=1S/C46H58N4O9/c1-8-42(54)23-28-24-45(40(52)57-6,36-30(15-19-49(25-28)26-42)29-13-10-11-14-33(29)47-36)32-21-31-34(22-35(32)56-5)48(4)38-44(31)17-20-50-18-12-16-43(9-2,37(44)50)39(59-27(3)51)46(38,55)41(53)58-7/h10-14,16,21-22,28,37-39,47,54-55H,8-9,15,17-20,23-26H2,1-7H3/t28-,37-,38+,39+,42+,43+,44+,45+,46-/m0/s1/i3D3,6D3. The highest BCUT2D eigenvalue weighted by atomic mass is 16.6.